The van der Waals surface area contributed by atoms with Gasteiger partial charge in [-0.05, 0) is 30.7 Å². The fraction of sp³-hybridized carbons (Fsp3) is 0.214. The molecule has 2 rings (SSSR count). The molecule has 0 bridgehead atoms. The van der Waals surface area contributed by atoms with Crippen molar-refractivity contribution >= 4 is 11.4 Å². The topological polar surface area (TPSA) is 83.9 Å². The Bertz CT molecular complexity index is 670. The predicted octanol–water partition coefficient (Wildman–Crippen LogP) is 2.75. The molecular weight excluding hydrogens is 256 g/mol. The van der Waals surface area contributed by atoms with Crippen LogP contribution in [-0.2, 0) is 6.54 Å². The summed E-state index contributed by atoms with van der Waals surface area (Å²) in [5.74, 6) is 0. The number of hydrogen-bond acceptors (Lipinski definition) is 4. The molecule has 0 fully saturated rings. The average Bonchev–Trinajstić information content (AvgIpc) is 2.86. The van der Waals surface area contributed by atoms with E-state index in [1.807, 2.05) is 13.1 Å². The van der Waals surface area contributed by atoms with Gasteiger partial charge in [-0.1, -0.05) is 6.07 Å². The maximum atomic E-state index is 10.9. The van der Waals surface area contributed by atoms with E-state index in [1.54, 1.807) is 28.8 Å². The Hall–Kier alpha value is -2.81. The first-order chi connectivity index (χ1) is 9.65. The summed E-state index contributed by atoms with van der Waals surface area (Å²) in [6.07, 6.45) is 1.81. The lowest BCUT2D eigenvalue weighted by atomic mass is 10.1. The smallest absolute Gasteiger partial charge is 0.292 e. The first-order valence-electron chi connectivity index (χ1n) is 6.22. The minimum absolute atomic E-state index is 0.0589. The van der Waals surface area contributed by atoms with Crippen LogP contribution in [0.5, 0.6) is 0 Å². The summed E-state index contributed by atoms with van der Waals surface area (Å²) in [6, 6.07) is 10.6. The number of hydrogen-bond donors (Lipinski definition) is 1. The van der Waals surface area contributed by atoms with E-state index >= 15 is 0 Å². The second-order valence-electron chi connectivity index (χ2n) is 4.27. The largest absolute Gasteiger partial charge is 0.380 e. The van der Waals surface area contributed by atoms with Crippen LogP contribution < -0.4 is 5.32 Å². The van der Waals surface area contributed by atoms with Crippen LogP contribution in [0.15, 0.2) is 36.5 Å². The highest BCUT2D eigenvalue weighted by molar-refractivity contribution is 5.62. The predicted molar refractivity (Wildman–Crippen MR) is 75.5 cm³/mol. The number of nitriles is 1. The number of nitrogens with one attached hydrogen (secondary N) is 1. The van der Waals surface area contributed by atoms with Gasteiger partial charge in [0.1, 0.15) is 17.5 Å². The van der Waals surface area contributed by atoms with Gasteiger partial charge in [-0.15, -0.1) is 0 Å². The molecule has 102 valence electrons. The molecule has 1 aromatic carbocycles. The second kappa shape index (κ2) is 5.89. The van der Waals surface area contributed by atoms with Gasteiger partial charge in [0.15, 0.2) is 0 Å². The van der Waals surface area contributed by atoms with Crippen molar-refractivity contribution in [3.05, 3.63) is 57.9 Å². The SMILES string of the molecule is CCNc1cc(Cn2cccc2C#N)ccc1[N+](=O)[O-]. The molecule has 0 unspecified atom stereocenters. The summed E-state index contributed by atoms with van der Waals surface area (Å²) >= 11 is 0. The minimum Gasteiger partial charge on any atom is -0.380 e. The van der Waals surface area contributed by atoms with Crippen molar-refractivity contribution in [3.8, 4) is 6.07 Å². The van der Waals surface area contributed by atoms with Gasteiger partial charge in [0.05, 0.1) is 4.92 Å². The Morgan fingerprint density at radius 2 is 2.25 bits per heavy atom. The zero-order chi connectivity index (χ0) is 14.5. The second-order valence-corrected chi connectivity index (χ2v) is 4.27. The molecule has 2 aromatic rings. The van der Waals surface area contributed by atoms with Crippen LogP contribution in [0.3, 0.4) is 0 Å². The fourth-order valence-electron chi connectivity index (χ4n) is 2.02. The number of nitrogens with zero attached hydrogens (tertiary/aromatic N) is 3. The molecule has 0 atom stereocenters. The summed E-state index contributed by atoms with van der Waals surface area (Å²) in [7, 11) is 0. The van der Waals surface area contributed by atoms with Gasteiger partial charge in [0.2, 0.25) is 0 Å². The molecule has 0 aliphatic rings. The molecule has 0 saturated heterocycles. The number of anilines is 1. The fourth-order valence-corrected chi connectivity index (χ4v) is 2.02. The molecule has 0 aliphatic carbocycles. The molecule has 20 heavy (non-hydrogen) atoms. The molecule has 1 heterocycles. The third-order valence-corrected chi connectivity index (χ3v) is 2.92. The highest BCUT2D eigenvalue weighted by atomic mass is 16.6. The van der Waals surface area contributed by atoms with Gasteiger partial charge in [0.25, 0.3) is 5.69 Å². The highest BCUT2D eigenvalue weighted by Crippen LogP contribution is 2.25. The Morgan fingerprint density at radius 1 is 1.45 bits per heavy atom. The monoisotopic (exact) mass is 270 g/mol. The van der Waals surface area contributed by atoms with Gasteiger partial charge in [-0.2, -0.15) is 5.26 Å². The standard InChI is InChI=1S/C14H14N4O2/c1-2-16-13-8-11(5-6-14(13)18(19)20)10-17-7-3-4-12(17)9-15/h3-8,16H,2,10H2,1H3. The van der Waals surface area contributed by atoms with Crippen LogP contribution in [0.4, 0.5) is 11.4 Å². The molecule has 1 aromatic heterocycles. The normalized spacial score (nSPS) is 10.0. The van der Waals surface area contributed by atoms with Crippen molar-refractivity contribution < 1.29 is 4.92 Å². The van der Waals surface area contributed by atoms with Crippen LogP contribution in [0.1, 0.15) is 18.2 Å². The molecule has 0 aliphatic heterocycles. The highest BCUT2D eigenvalue weighted by Gasteiger charge is 2.13. The lowest BCUT2D eigenvalue weighted by molar-refractivity contribution is -0.384. The van der Waals surface area contributed by atoms with Crippen molar-refractivity contribution in [2.24, 2.45) is 0 Å². The van der Waals surface area contributed by atoms with E-state index in [9.17, 15) is 10.1 Å². The Kier molecular flexibility index (Phi) is 4.01. The van der Waals surface area contributed by atoms with E-state index < -0.39 is 4.92 Å². The van der Waals surface area contributed by atoms with E-state index in [-0.39, 0.29) is 5.69 Å². The number of benzene rings is 1. The summed E-state index contributed by atoms with van der Waals surface area (Å²) in [5, 5.41) is 22.9. The number of rotatable bonds is 5. The Balaban J connectivity index is 2.32. The maximum Gasteiger partial charge on any atom is 0.292 e. The van der Waals surface area contributed by atoms with Crippen molar-refractivity contribution in [2.75, 3.05) is 11.9 Å². The zero-order valence-electron chi connectivity index (χ0n) is 11.0. The third-order valence-electron chi connectivity index (χ3n) is 2.92. The first-order valence-corrected chi connectivity index (χ1v) is 6.22. The molecule has 0 saturated carbocycles. The Labute approximate surface area is 116 Å². The van der Waals surface area contributed by atoms with E-state index in [1.165, 1.54) is 6.07 Å². The molecule has 6 heteroatoms. The van der Waals surface area contributed by atoms with Gasteiger partial charge >= 0.3 is 0 Å². The molecule has 1 N–H and O–H groups in total. The van der Waals surface area contributed by atoms with Crippen LogP contribution in [-0.4, -0.2) is 16.0 Å². The molecule has 0 radical (unpaired) electrons. The lowest BCUT2D eigenvalue weighted by Crippen LogP contribution is -2.05. The van der Waals surface area contributed by atoms with Crippen LogP contribution >= 0.6 is 0 Å². The van der Waals surface area contributed by atoms with Crippen molar-refractivity contribution in [3.63, 3.8) is 0 Å². The average molecular weight is 270 g/mol. The number of nitro benzene ring substituents is 1. The van der Waals surface area contributed by atoms with Crippen LogP contribution in [0, 0.1) is 21.4 Å². The number of nitro groups is 1. The van der Waals surface area contributed by atoms with Crippen molar-refractivity contribution in [2.45, 2.75) is 13.5 Å². The third kappa shape index (κ3) is 2.78. The minimum atomic E-state index is -0.405. The van der Waals surface area contributed by atoms with E-state index in [4.69, 9.17) is 5.26 Å². The Morgan fingerprint density at radius 3 is 2.90 bits per heavy atom. The maximum absolute atomic E-state index is 10.9. The van der Waals surface area contributed by atoms with Crippen molar-refractivity contribution in [1.82, 2.24) is 4.57 Å². The summed E-state index contributed by atoms with van der Waals surface area (Å²) < 4.78 is 1.80. The van der Waals surface area contributed by atoms with Gasteiger partial charge in [-0.3, -0.25) is 10.1 Å². The quantitative estimate of drug-likeness (QED) is 0.668. The summed E-state index contributed by atoms with van der Waals surface area (Å²) in [6.45, 7) is 3.00. The molecular formula is C14H14N4O2. The zero-order valence-corrected chi connectivity index (χ0v) is 11.0. The van der Waals surface area contributed by atoms with E-state index in [0.717, 1.165) is 5.56 Å². The van der Waals surface area contributed by atoms with Crippen molar-refractivity contribution in [1.29, 1.82) is 5.26 Å². The van der Waals surface area contributed by atoms with E-state index in [0.29, 0.717) is 24.5 Å². The van der Waals surface area contributed by atoms with Gasteiger partial charge in [0, 0.05) is 25.4 Å². The lowest BCUT2D eigenvalue weighted by Gasteiger charge is -2.09. The summed E-state index contributed by atoms with van der Waals surface area (Å²) in [5.41, 5.74) is 2.02. The van der Waals surface area contributed by atoms with Gasteiger partial charge in [-0.25, -0.2) is 0 Å². The first kappa shape index (κ1) is 13.6. The molecule has 6 nitrogen and oxygen atoms in total. The molecule has 0 amide bonds. The summed E-state index contributed by atoms with van der Waals surface area (Å²) in [4.78, 5) is 10.5. The van der Waals surface area contributed by atoms with E-state index in [2.05, 4.69) is 11.4 Å². The van der Waals surface area contributed by atoms with Crippen LogP contribution in [0.2, 0.25) is 0 Å². The van der Waals surface area contributed by atoms with Gasteiger partial charge < -0.3 is 9.88 Å². The van der Waals surface area contributed by atoms with Crippen LogP contribution in [0.25, 0.3) is 0 Å². The number of aromatic nitrogens is 1. The molecule has 0 spiro atoms.